The van der Waals surface area contributed by atoms with E-state index >= 15 is 0 Å². The van der Waals surface area contributed by atoms with Crippen LogP contribution in [0.5, 0.6) is 0 Å². The summed E-state index contributed by atoms with van der Waals surface area (Å²) in [7, 11) is 1.38. The fourth-order valence-electron chi connectivity index (χ4n) is 5.91. The summed E-state index contributed by atoms with van der Waals surface area (Å²) in [5.41, 5.74) is 1.71. The fraction of sp³-hybridized carbons (Fsp3) is 0.464. The number of ether oxygens (including phenoxy) is 2. The number of hydrogen-bond acceptors (Lipinski definition) is 7. The lowest BCUT2D eigenvalue weighted by molar-refractivity contribution is 0.0601. The zero-order valence-corrected chi connectivity index (χ0v) is 21.9. The summed E-state index contributed by atoms with van der Waals surface area (Å²) in [6.45, 7) is 4.65. The summed E-state index contributed by atoms with van der Waals surface area (Å²) in [6, 6.07) is 9.47. The van der Waals surface area contributed by atoms with E-state index in [9.17, 15) is 23.2 Å². The average molecular weight is 543 g/mol. The largest absolute Gasteiger partial charge is 0.465 e. The van der Waals surface area contributed by atoms with Crippen molar-refractivity contribution in [2.45, 2.75) is 50.4 Å². The van der Waals surface area contributed by atoms with Crippen molar-refractivity contribution < 1.29 is 32.6 Å². The topological polar surface area (TPSA) is 91.4 Å². The third-order valence-corrected chi connectivity index (χ3v) is 7.89. The van der Waals surface area contributed by atoms with Crippen molar-refractivity contribution in [1.82, 2.24) is 15.1 Å². The van der Waals surface area contributed by atoms with E-state index in [0.29, 0.717) is 18.2 Å². The Balaban J connectivity index is 1.18. The third-order valence-electron chi connectivity index (χ3n) is 7.89. The molecule has 0 bridgehead atoms. The van der Waals surface area contributed by atoms with Crippen molar-refractivity contribution in [3.8, 4) is 0 Å². The van der Waals surface area contributed by atoms with Gasteiger partial charge in [-0.25, -0.2) is 28.1 Å². The number of nitrogens with one attached hydrogen (secondary N) is 1. The van der Waals surface area contributed by atoms with Crippen molar-refractivity contribution in [3.05, 3.63) is 65.2 Å². The van der Waals surface area contributed by atoms with Crippen LogP contribution >= 0.6 is 0 Å². The number of piperidine rings is 1. The number of methoxy groups -OCH3 is 1. The molecule has 0 saturated carbocycles. The van der Waals surface area contributed by atoms with Gasteiger partial charge in [-0.3, -0.25) is 4.90 Å². The molecule has 2 aromatic rings. The van der Waals surface area contributed by atoms with E-state index in [-0.39, 0.29) is 17.6 Å². The number of carbonyl (C=O) groups is 3. The van der Waals surface area contributed by atoms with Gasteiger partial charge >= 0.3 is 18.1 Å². The number of nitrogens with zero attached hydrogens (tertiary/aromatic N) is 3. The van der Waals surface area contributed by atoms with Gasteiger partial charge in [0.1, 0.15) is 12.1 Å². The number of benzene rings is 2. The molecule has 0 aliphatic carbocycles. The Kier molecular flexibility index (Phi) is 7.69. The van der Waals surface area contributed by atoms with Crippen LogP contribution in [-0.2, 0) is 9.47 Å². The van der Waals surface area contributed by atoms with Gasteiger partial charge in [-0.1, -0.05) is 18.2 Å². The number of para-hydroxylation sites is 1. The number of urea groups is 1. The van der Waals surface area contributed by atoms with Crippen LogP contribution in [0.1, 0.15) is 48.1 Å². The molecule has 3 amide bonds. The second-order valence-electron chi connectivity index (χ2n) is 10.2. The summed E-state index contributed by atoms with van der Waals surface area (Å²) < 4.78 is 37.5. The van der Waals surface area contributed by atoms with E-state index in [0.717, 1.165) is 61.6 Å². The first kappa shape index (κ1) is 26.9. The van der Waals surface area contributed by atoms with E-state index in [1.165, 1.54) is 13.2 Å². The molecule has 39 heavy (non-hydrogen) atoms. The zero-order chi connectivity index (χ0) is 27.7. The lowest BCUT2D eigenvalue weighted by Gasteiger charge is -2.38. The first-order valence-corrected chi connectivity index (χ1v) is 13.2. The Labute approximate surface area is 225 Å². The second kappa shape index (κ2) is 11.2. The molecule has 3 saturated heterocycles. The number of halogens is 2. The van der Waals surface area contributed by atoms with Crippen LogP contribution in [-0.4, -0.2) is 79.4 Å². The molecule has 9 nitrogen and oxygen atoms in total. The molecule has 1 N–H and O–H groups in total. The lowest BCUT2D eigenvalue weighted by atomic mass is 10.0. The summed E-state index contributed by atoms with van der Waals surface area (Å²) in [5.74, 6) is -2.41. The van der Waals surface area contributed by atoms with E-state index < -0.39 is 35.9 Å². The number of amides is 3. The van der Waals surface area contributed by atoms with Crippen molar-refractivity contribution in [2.75, 3.05) is 38.2 Å². The minimum absolute atomic E-state index is 0.162. The van der Waals surface area contributed by atoms with Crippen LogP contribution in [0, 0.1) is 11.6 Å². The molecule has 0 spiro atoms. The van der Waals surface area contributed by atoms with Gasteiger partial charge in [0.25, 0.3) is 0 Å². The predicted molar refractivity (Wildman–Crippen MR) is 138 cm³/mol. The Bertz CT molecular complexity index is 1250. The Hall–Kier alpha value is -3.73. The number of imide groups is 1. The number of likely N-dealkylation sites (tertiary alicyclic amines) is 1. The maximum atomic E-state index is 13.9. The van der Waals surface area contributed by atoms with Crippen LogP contribution in [0.2, 0.25) is 0 Å². The summed E-state index contributed by atoms with van der Waals surface area (Å²) in [4.78, 5) is 43.4. The maximum Gasteiger partial charge on any atom is 0.419 e. The molecule has 208 valence electrons. The molecular formula is C28H32F2N4O5. The van der Waals surface area contributed by atoms with E-state index in [1.54, 1.807) is 13.0 Å². The van der Waals surface area contributed by atoms with Gasteiger partial charge < -0.3 is 19.7 Å². The third kappa shape index (κ3) is 5.40. The van der Waals surface area contributed by atoms with Crippen LogP contribution in [0.15, 0.2) is 42.5 Å². The quantitative estimate of drug-likeness (QED) is 0.570. The van der Waals surface area contributed by atoms with Gasteiger partial charge in [-0.2, -0.15) is 0 Å². The van der Waals surface area contributed by atoms with Crippen molar-refractivity contribution in [1.29, 1.82) is 0 Å². The summed E-state index contributed by atoms with van der Waals surface area (Å²) in [6.07, 6.45) is 1.02. The minimum Gasteiger partial charge on any atom is -0.465 e. The fourth-order valence-corrected chi connectivity index (χ4v) is 5.91. The standard InChI is InChI=1S/C28H32F2N4O5/c1-17-25(18-7-8-22(29)23(30)15-18)34(28(37)39-17)27(36)31-19-9-12-33(16-19)20-10-13-32(14-11-20)24-6-4-3-5-21(24)26(35)38-2/h3-8,15,17,19-20,25H,9-14,16H2,1-2H3,(H,31,36). The number of carbonyl (C=O) groups excluding carboxylic acids is 3. The maximum absolute atomic E-state index is 13.9. The number of rotatable bonds is 5. The highest BCUT2D eigenvalue weighted by molar-refractivity contribution is 5.96. The van der Waals surface area contributed by atoms with Crippen LogP contribution < -0.4 is 10.2 Å². The van der Waals surface area contributed by atoms with Gasteiger partial charge in [0, 0.05) is 38.3 Å². The Morgan fingerprint density at radius 1 is 1.03 bits per heavy atom. The van der Waals surface area contributed by atoms with Crippen molar-refractivity contribution in [3.63, 3.8) is 0 Å². The molecule has 3 fully saturated rings. The van der Waals surface area contributed by atoms with Crippen molar-refractivity contribution >= 4 is 23.8 Å². The second-order valence-corrected chi connectivity index (χ2v) is 10.2. The van der Waals surface area contributed by atoms with E-state index in [4.69, 9.17) is 9.47 Å². The average Bonchev–Trinajstić information content (AvgIpc) is 3.53. The number of anilines is 1. The lowest BCUT2D eigenvalue weighted by Crippen LogP contribution is -2.49. The van der Waals surface area contributed by atoms with E-state index in [2.05, 4.69) is 15.1 Å². The Morgan fingerprint density at radius 3 is 2.49 bits per heavy atom. The summed E-state index contributed by atoms with van der Waals surface area (Å²) >= 11 is 0. The first-order chi connectivity index (χ1) is 18.8. The van der Waals surface area contributed by atoms with Gasteiger partial charge in [0.15, 0.2) is 11.6 Å². The van der Waals surface area contributed by atoms with Gasteiger partial charge in [-0.15, -0.1) is 0 Å². The molecule has 3 atom stereocenters. The highest BCUT2D eigenvalue weighted by atomic mass is 19.2. The molecule has 3 aliphatic rings. The van der Waals surface area contributed by atoms with Crippen LogP contribution in [0.4, 0.5) is 24.1 Å². The SMILES string of the molecule is COC(=O)c1ccccc1N1CCC(N2CCC(NC(=O)N3C(=O)OC(C)C3c3ccc(F)c(F)c3)C2)CC1. The van der Waals surface area contributed by atoms with Crippen molar-refractivity contribution in [2.24, 2.45) is 0 Å². The highest BCUT2D eigenvalue weighted by Crippen LogP contribution is 2.34. The number of hydrogen-bond donors (Lipinski definition) is 1. The predicted octanol–water partition coefficient (Wildman–Crippen LogP) is 4.09. The molecule has 5 rings (SSSR count). The smallest absolute Gasteiger partial charge is 0.419 e. The van der Waals surface area contributed by atoms with Crippen LogP contribution in [0.25, 0.3) is 0 Å². The molecular weight excluding hydrogens is 510 g/mol. The van der Waals surface area contributed by atoms with Gasteiger partial charge in [0.2, 0.25) is 0 Å². The first-order valence-electron chi connectivity index (χ1n) is 13.2. The summed E-state index contributed by atoms with van der Waals surface area (Å²) in [5, 5.41) is 2.94. The molecule has 3 aliphatic heterocycles. The zero-order valence-electron chi connectivity index (χ0n) is 21.9. The Morgan fingerprint density at radius 2 is 1.77 bits per heavy atom. The number of cyclic esters (lactones) is 1. The molecule has 0 radical (unpaired) electrons. The van der Waals surface area contributed by atoms with Gasteiger partial charge in [-0.05, 0) is 56.0 Å². The number of esters is 1. The molecule has 0 aromatic heterocycles. The highest BCUT2D eigenvalue weighted by Gasteiger charge is 2.45. The van der Waals surface area contributed by atoms with Gasteiger partial charge in [0.05, 0.1) is 18.4 Å². The molecule has 3 unspecified atom stereocenters. The minimum atomic E-state index is -1.05. The normalized spacial score (nSPS) is 24.1. The molecule has 2 aromatic carbocycles. The van der Waals surface area contributed by atoms with Crippen LogP contribution in [0.3, 0.4) is 0 Å². The monoisotopic (exact) mass is 542 g/mol. The molecule has 3 heterocycles. The molecule has 11 heteroatoms. The van der Waals surface area contributed by atoms with E-state index in [1.807, 2.05) is 18.2 Å².